The maximum atomic E-state index is 11.9. The zero-order valence-corrected chi connectivity index (χ0v) is 18.5. The van der Waals surface area contributed by atoms with Crippen molar-refractivity contribution in [3.8, 4) is 17.0 Å². The molecule has 0 aliphatic carbocycles. The summed E-state index contributed by atoms with van der Waals surface area (Å²) in [6.45, 7) is 7.57. The maximum absolute atomic E-state index is 11.9. The zero-order chi connectivity index (χ0) is 21.5. The van der Waals surface area contributed by atoms with E-state index in [1.54, 1.807) is 10.5 Å². The minimum absolute atomic E-state index is 0.0953. The van der Waals surface area contributed by atoms with E-state index in [1.165, 1.54) is 6.26 Å². The molecule has 1 saturated heterocycles. The molecule has 1 unspecified atom stereocenters. The predicted molar refractivity (Wildman–Crippen MR) is 118 cm³/mol. The normalized spacial score (nSPS) is 18.3. The van der Waals surface area contributed by atoms with Crippen molar-refractivity contribution in [2.24, 2.45) is 0 Å². The van der Waals surface area contributed by atoms with E-state index in [2.05, 4.69) is 20.1 Å². The van der Waals surface area contributed by atoms with Gasteiger partial charge in [-0.25, -0.2) is 13.4 Å². The van der Waals surface area contributed by atoms with E-state index < -0.39 is 10.0 Å². The first kappa shape index (κ1) is 20.6. The van der Waals surface area contributed by atoms with Crippen LogP contribution in [0, 0.1) is 0 Å². The summed E-state index contributed by atoms with van der Waals surface area (Å²) in [7, 11) is -3.20. The van der Waals surface area contributed by atoms with Crippen molar-refractivity contribution in [2.75, 3.05) is 30.8 Å². The number of aromatic amines is 1. The van der Waals surface area contributed by atoms with Crippen molar-refractivity contribution in [3.63, 3.8) is 0 Å². The fourth-order valence-corrected chi connectivity index (χ4v) is 5.07. The molecule has 8 nitrogen and oxygen atoms in total. The first-order chi connectivity index (χ1) is 14.2. The Morgan fingerprint density at radius 3 is 2.70 bits per heavy atom. The maximum Gasteiger partial charge on any atom is 0.211 e. The molecule has 0 radical (unpaired) electrons. The highest BCUT2D eigenvalue weighted by molar-refractivity contribution is 7.88. The number of anilines is 1. The van der Waals surface area contributed by atoms with Gasteiger partial charge in [0.1, 0.15) is 17.3 Å². The highest BCUT2D eigenvalue weighted by atomic mass is 32.2. The number of nitrogens with zero attached hydrogens (tertiary/aromatic N) is 4. The van der Waals surface area contributed by atoms with Gasteiger partial charge in [-0.1, -0.05) is 0 Å². The second-order valence-electron chi connectivity index (χ2n) is 8.02. The van der Waals surface area contributed by atoms with Gasteiger partial charge in [-0.15, -0.1) is 0 Å². The van der Waals surface area contributed by atoms with Crippen LogP contribution in [0.15, 0.2) is 36.5 Å². The van der Waals surface area contributed by atoms with Gasteiger partial charge in [0.05, 0.1) is 17.9 Å². The van der Waals surface area contributed by atoms with Crippen LogP contribution in [-0.4, -0.2) is 65.9 Å². The van der Waals surface area contributed by atoms with Crippen molar-refractivity contribution in [1.29, 1.82) is 0 Å². The topological polar surface area (TPSA) is 91.4 Å². The quantitative estimate of drug-likeness (QED) is 0.671. The molecule has 9 heteroatoms. The number of rotatable bonds is 5. The summed E-state index contributed by atoms with van der Waals surface area (Å²) in [6, 6.07) is 9.74. The summed E-state index contributed by atoms with van der Waals surface area (Å²) in [5, 5.41) is 8.59. The highest BCUT2D eigenvalue weighted by Crippen LogP contribution is 2.31. The van der Waals surface area contributed by atoms with Crippen molar-refractivity contribution >= 4 is 26.7 Å². The Morgan fingerprint density at radius 1 is 1.20 bits per heavy atom. The number of sulfonamides is 1. The number of hydrogen-bond donors (Lipinski definition) is 1. The van der Waals surface area contributed by atoms with Gasteiger partial charge in [0.2, 0.25) is 10.0 Å². The summed E-state index contributed by atoms with van der Waals surface area (Å²) in [5.41, 5.74) is 2.73. The van der Waals surface area contributed by atoms with Crippen LogP contribution in [0.1, 0.15) is 20.8 Å². The van der Waals surface area contributed by atoms with Crippen LogP contribution in [0.25, 0.3) is 22.2 Å². The van der Waals surface area contributed by atoms with Gasteiger partial charge in [-0.3, -0.25) is 5.10 Å². The van der Waals surface area contributed by atoms with Gasteiger partial charge in [-0.05, 0) is 51.1 Å². The van der Waals surface area contributed by atoms with Crippen LogP contribution in [0.4, 0.5) is 5.82 Å². The monoisotopic (exact) mass is 429 g/mol. The second kappa shape index (κ2) is 7.88. The molecule has 0 amide bonds. The van der Waals surface area contributed by atoms with Gasteiger partial charge in [0.25, 0.3) is 0 Å². The molecule has 0 saturated carbocycles. The molecule has 3 aromatic rings. The van der Waals surface area contributed by atoms with E-state index in [4.69, 9.17) is 4.74 Å². The Balaban J connectivity index is 1.63. The molecule has 4 rings (SSSR count). The third kappa shape index (κ3) is 4.13. The lowest BCUT2D eigenvalue weighted by Crippen LogP contribution is -2.53. The first-order valence-electron chi connectivity index (χ1n) is 10.1. The molecule has 1 aliphatic rings. The van der Waals surface area contributed by atoms with Crippen LogP contribution in [-0.2, 0) is 10.0 Å². The Kier molecular flexibility index (Phi) is 5.42. The predicted octanol–water partition coefficient (Wildman–Crippen LogP) is 2.88. The number of fused-ring (bicyclic) bond motifs is 1. The third-order valence-corrected chi connectivity index (χ3v) is 6.64. The Hall–Kier alpha value is -2.65. The Morgan fingerprint density at radius 2 is 2.00 bits per heavy atom. The lowest BCUT2D eigenvalue weighted by Gasteiger charge is -2.38. The smallest absolute Gasteiger partial charge is 0.211 e. The minimum Gasteiger partial charge on any atom is -0.491 e. The van der Waals surface area contributed by atoms with Gasteiger partial charge in [-0.2, -0.15) is 9.40 Å². The van der Waals surface area contributed by atoms with Crippen molar-refractivity contribution in [1.82, 2.24) is 19.5 Å². The molecule has 1 fully saturated rings. The number of pyridine rings is 1. The molecule has 0 spiro atoms. The number of benzene rings is 1. The SMILES string of the molecule is CC(C)Oc1ccc2[nH]nc(-c3ccnc(N4CCN(S(C)(=O)=O)C(C)C4)c3)c2c1. The molecule has 0 bridgehead atoms. The molecule has 1 aliphatic heterocycles. The number of nitrogens with one attached hydrogen (secondary N) is 1. The van der Waals surface area contributed by atoms with E-state index in [9.17, 15) is 8.42 Å². The molecule has 1 atom stereocenters. The number of aromatic nitrogens is 3. The van der Waals surface area contributed by atoms with Gasteiger partial charge in [0.15, 0.2) is 0 Å². The van der Waals surface area contributed by atoms with E-state index in [-0.39, 0.29) is 12.1 Å². The lowest BCUT2D eigenvalue weighted by molar-refractivity contribution is 0.243. The van der Waals surface area contributed by atoms with Crippen LogP contribution < -0.4 is 9.64 Å². The average Bonchev–Trinajstić information content (AvgIpc) is 3.10. The van der Waals surface area contributed by atoms with Crippen LogP contribution in [0.5, 0.6) is 5.75 Å². The molecule has 30 heavy (non-hydrogen) atoms. The standard InChI is InChI=1S/C21H27N5O3S/c1-14(2)29-17-5-6-19-18(12-17)21(24-23-19)16-7-8-22-20(11-16)25-9-10-26(15(3)13-25)30(4,27)28/h5-8,11-12,14-15H,9-10,13H2,1-4H3,(H,23,24). The lowest BCUT2D eigenvalue weighted by atomic mass is 10.1. The van der Waals surface area contributed by atoms with E-state index in [1.807, 2.05) is 51.1 Å². The Bertz CT molecular complexity index is 1160. The van der Waals surface area contributed by atoms with Crippen LogP contribution in [0.2, 0.25) is 0 Å². The van der Waals surface area contributed by atoms with Gasteiger partial charge >= 0.3 is 0 Å². The van der Waals surface area contributed by atoms with Gasteiger partial charge in [0, 0.05) is 42.8 Å². The number of ether oxygens (including phenoxy) is 1. The largest absolute Gasteiger partial charge is 0.491 e. The zero-order valence-electron chi connectivity index (χ0n) is 17.7. The first-order valence-corrected chi connectivity index (χ1v) is 11.9. The van der Waals surface area contributed by atoms with Crippen molar-refractivity contribution < 1.29 is 13.2 Å². The molecule has 2 aromatic heterocycles. The number of H-pyrrole nitrogens is 1. The van der Waals surface area contributed by atoms with E-state index in [0.29, 0.717) is 19.6 Å². The number of piperazine rings is 1. The fourth-order valence-electron chi connectivity index (χ4n) is 3.94. The second-order valence-corrected chi connectivity index (χ2v) is 9.95. The third-order valence-electron chi connectivity index (χ3n) is 5.24. The van der Waals surface area contributed by atoms with Crippen LogP contribution in [0.3, 0.4) is 0 Å². The molecule has 1 aromatic carbocycles. The van der Waals surface area contributed by atoms with Crippen LogP contribution >= 0.6 is 0 Å². The summed E-state index contributed by atoms with van der Waals surface area (Å²) in [4.78, 5) is 6.65. The number of hydrogen-bond acceptors (Lipinski definition) is 6. The van der Waals surface area contributed by atoms with E-state index in [0.717, 1.165) is 33.7 Å². The minimum atomic E-state index is -3.20. The molecular weight excluding hydrogens is 402 g/mol. The van der Waals surface area contributed by atoms with Crippen molar-refractivity contribution in [3.05, 3.63) is 36.5 Å². The summed E-state index contributed by atoms with van der Waals surface area (Å²) < 4.78 is 31.3. The summed E-state index contributed by atoms with van der Waals surface area (Å²) in [6.07, 6.45) is 3.13. The molecule has 1 N–H and O–H groups in total. The average molecular weight is 430 g/mol. The molecular formula is C21H27N5O3S. The van der Waals surface area contributed by atoms with E-state index >= 15 is 0 Å². The fraction of sp³-hybridized carbons (Fsp3) is 0.429. The van der Waals surface area contributed by atoms with Gasteiger partial charge < -0.3 is 9.64 Å². The highest BCUT2D eigenvalue weighted by Gasteiger charge is 2.30. The van der Waals surface area contributed by atoms with Crippen molar-refractivity contribution in [2.45, 2.75) is 32.9 Å². The molecule has 3 heterocycles. The summed E-state index contributed by atoms with van der Waals surface area (Å²) in [5.74, 6) is 1.62. The molecule has 160 valence electrons. The summed E-state index contributed by atoms with van der Waals surface area (Å²) >= 11 is 0. The Labute approximate surface area is 176 Å².